The lowest BCUT2D eigenvalue weighted by Crippen LogP contribution is -1.95. The molecule has 0 fully saturated rings. The molecule has 1 aromatic rings. The standard InChI is InChI=1S/C8H7O3/c9-5-6-1-3-7(4-2-6)8(10)11/h1-4H,5H2,(H,10,11). The van der Waals surface area contributed by atoms with E-state index in [-0.39, 0.29) is 12.2 Å². The Kier molecular flexibility index (Phi) is 2.23. The Bertz CT molecular complexity index is 251. The van der Waals surface area contributed by atoms with Gasteiger partial charge in [0.15, 0.2) is 0 Å². The van der Waals surface area contributed by atoms with E-state index in [0.29, 0.717) is 5.56 Å². The Morgan fingerprint density at radius 2 is 1.82 bits per heavy atom. The van der Waals surface area contributed by atoms with E-state index in [1.165, 1.54) is 24.3 Å². The van der Waals surface area contributed by atoms with E-state index in [2.05, 4.69) is 0 Å². The zero-order valence-corrected chi connectivity index (χ0v) is 5.78. The van der Waals surface area contributed by atoms with Crippen molar-refractivity contribution in [1.82, 2.24) is 0 Å². The average molecular weight is 151 g/mol. The molecule has 1 rings (SSSR count). The van der Waals surface area contributed by atoms with E-state index in [9.17, 15) is 9.90 Å². The van der Waals surface area contributed by atoms with Crippen molar-refractivity contribution in [2.24, 2.45) is 0 Å². The summed E-state index contributed by atoms with van der Waals surface area (Å²) in [6.45, 7) is -0.306. The van der Waals surface area contributed by atoms with Crippen LogP contribution in [0.25, 0.3) is 0 Å². The maximum absolute atomic E-state index is 10.3. The van der Waals surface area contributed by atoms with Crippen LogP contribution in [-0.2, 0) is 11.7 Å². The van der Waals surface area contributed by atoms with Gasteiger partial charge < -0.3 is 5.11 Å². The van der Waals surface area contributed by atoms with Crippen molar-refractivity contribution in [3.63, 3.8) is 0 Å². The SMILES string of the molecule is [O]Cc1ccc(C(=O)O)cc1. The molecular weight excluding hydrogens is 144 g/mol. The van der Waals surface area contributed by atoms with Gasteiger partial charge in [-0.05, 0) is 17.7 Å². The van der Waals surface area contributed by atoms with Crippen molar-refractivity contribution >= 4 is 5.97 Å². The van der Waals surface area contributed by atoms with Crippen LogP contribution in [0.2, 0.25) is 0 Å². The van der Waals surface area contributed by atoms with E-state index in [4.69, 9.17) is 5.11 Å². The molecule has 0 aliphatic rings. The van der Waals surface area contributed by atoms with Gasteiger partial charge >= 0.3 is 5.97 Å². The third-order valence-electron chi connectivity index (χ3n) is 1.37. The Balaban J connectivity index is 2.91. The van der Waals surface area contributed by atoms with E-state index in [1.807, 2.05) is 0 Å². The molecular formula is C8H7O3. The van der Waals surface area contributed by atoms with Crippen molar-refractivity contribution in [3.8, 4) is 0 Å². The van der Waals surface area contributed by atoms with Gasteiger partial charge in [0.05, 0.1) is 5.56 Å². The van der Waals surface area contributed by atoms with Crippen molar-refractivity contribution in [3.05, 3.63) is 35.4 Å². The first-order chi connectivity index (χ1) is 5.24. The van der Waals surface area contributed by atoms with Crippen LogP contribution in [0.4, 0.5) is 0 Å². The predicted octanol–water partition coefficient (Wildman–Crippen LogP) is 1.32. The van der Waals surface area contributed by atoms with E-state index >= 15 is 0 Å². The van der Waals surface area contributed by atoms with Crippen LogP contribution in [0.1, 0.15) is 15.9 Å². The normalized spacial score (nSPS) is 9.55. The molecule has 0 aromatic heterocycles. The summed E-state index contributed by atoms with van der Waals surface area (Å²) < 4.78 is 0. The summed E-state index contributed by atoms with van der Waals surface area (Å²) in [4.78, 5) is 10.3. The molecule has 0 aliphatic carbocycles. The fraction of sp³-hybridized carbons (Fsp3) is 0.125. The number of carboxylic acid groups (broad SMARTS) is 1. The molecule has 11 heavy (non-hydrogen) atoms. The minimum Gasteiger partial charge on any atom is -0.478 e. The fourth-order valence-corrected chi connectivity index (χ4v) is 0.744. The molecule has 57 valence electrons. The molecule has 1 aromatic carbocycles. The molecule has 0 saturated heterocycles. The maximum Gasteiger partial charge on any atom is 0.335 e. The topological polar surface area (TPSA) is 57.2 Å². The quantitative estimate of drug-likeness (QED) is 0.692. The molecule has 0 heterocycles. The molecule has 1 radical (unpaired) electrons. The van der Waals surface area contributed by atoms with Gasteiger partial charge in [0.25, 0.3) is 0 Å². The second kappa shape index (κ2) is 3.16. The Morgan fingerprint density at radius 1 is 1.27 bits per heavy atom. The third-order valence-corrected chi connectivity index (χ3v) is 1.37. The molecule has 0 atom stereocenters. The zero-order valence-electron chi connectivity index (χ0n) is 5.78. The van der Waals surface area contributed by atoms with Gasteiger partial charge in [-0.3, -0.25) is 0 Å². The van der Waals surface area contributed by atoms with Crippen molar-refractivity contribution in [2.75, 3.05) is 0 Å². The monoisotopic (exact) mass is 151 g/mol. The summed E-state index contributed by atoms with van der Waals surface area (Å²) in [5.74, 6) is -0.970. The first-order valence-corrected chi connectivity index (χ1v) is 3.14. The largest absolute Gasteiger partial charge is 0.478 e. The molecule has 3 nitrogen and oxygen atoms in total. The van der Waals surface area contributed by atoms with Crippen LogP contribution in [0.3, 0.4) is 0 Å². The number of carbonyl (C=O) groups is 1. The maximum atomic E-state index is 10.3. The van der Waals surface area contributed by atoms with Crippen LogP contribution in [-0.4, -0.2) is 11.1 Å². The fourth-order valence-electron chi connectivity index (χ4n) is 0.744. The third kappa shape index (κ3) is 1.78. The highest BCUT2D eigenvalue weighted by molar-refractivity contribution is 5.87. The van der Waals surface area contributed by atoms with Gasteiger partial charge in [0.1, 0.15) is 6.61 Å². The summed E-state index contributed by atoms with van der Waals surface area (Å²) >= 11 is 0. The van der Waals surface area contributed by atoms with Gasteiger partial charge in [0.2, 0.25) is 0 Å². The van der Waals surface area contributed by atoms with E-state index in [0.717, 1.165) is 0 Å². The van der Waals surface area contributed by atoms with Crippen LogP contribution in [0.15, 0.2) is 24.3 Å². The van der Waals surface area contributed by atoms with Gasteiger partial charge in [-0.1, -0.05) is 12.1 Å². The number of hydrogen-bond donors (Lipinski definition) is 1. The average Bonchev–Trinajstić information content (AvgIpc) is 2.05. The van der Waals surface area contributed by atoms with Crippen LogP contribution in [0.5, 0.6) is 0 Å². The number of carboxylic acids is 1. The Hall–Kier alpha value is -1.35. The van der Waals surface area contributed by atoms with E-state index < -0.39 is 5.97 Å². The first-order valence-electron chi connectivity index (χ1n) is 3.14. The van der Waals surface area contributed by atoms with Crippen molar-refractivity contribution < 1.29 is 15.0 Å². The molecule has 0 spiro atoms. The van der Waals surface area contributed by atoms with Gasteiger partial charge in [-0.15, -0.1) is 0 Å². The van der Waals surface area contributed by atoms with Crippen LogP contribution in [0, 0.1) is 0 Å². The molecule has 0 aliphatic heterocycles. The summed E-state index contributed by atoms with van der Waals surface area (Å²) in [5, 5.41) is 18.7. The molecule has 0 saturated carbocycles. The number of hydrogen-bond acceptors (Lipinski definition) is 1. The highest BCUT2D eigenvalue weighted by Gasteiger charge is 2.00. The number of aromatic carboxylic acids is 1. The lowest BCUT2D eigenvalue weighted by atomic mass is 10.1. The summed E-state index contributed by atoms with van der Waals surface area (Å²) in [5.41, 5.74) is 0.817. The predicted molar refractivity (Wildman–Crippen MR) is 37.8 cm³/mol. The van der Waals surface area contributed by atoms with Gasteiger partial charge in [-0.2, -0.15) is 0 Å². The minimum atomic E-state index is -0.970. The lowest BCUT2D eigenvalue weighted by Gasteiger charge is -1.94. The Labute approximate surface area is 63.9 Å². The summed E-state index contributed by atoms with van der Waals surface area (Å²) in [6, 6.07) is 5.90. The first kappa shape index (κ1) is 7.75. The molecule has 0 bridgehead atoms. The minimum absolute atomic E-state index is 0.210. The molecule has 1 N–H and O–H groups in total. The molecule has 0 amide bonds. The number of benzene rings is 1. The second-order valence-electron chi connectivity index (χ2n) is 2.15. The molecule has 3 heteroatoms. The second-order valence-corrected chi connectivity index (χ2v) is 2.15. The van der Waals surface area contributed by atoms with Gasteiger partial charge in [-0.25, -0.2) is 9.90 Å². The van der Waals surface area contributed by atoms with E-state index in [1.54, 1.807) is 0 Å². The summed E-state index contributed by atoms with van der Waals surface area (Å²) in [6.07, 6.45) is 0. The van der Waals surface area contributed by atoms with Crippen LogP contribution < -0.4 is 0 Å². The number of rotatable bonds is 2. The van der Waals surface area contributed by atoms with Crippen molar-refractivity contribution in [1.29, 1.82) is 0 Å². The Morgan fingerprint density at radius 3 is 2.18 bits per heavy atom. The summed E-state index contributed by atoms with van der Waals surface area (Å²) in [7, 11) is 0. The highest BCUT2D eigenvalue weighted by Crippen LogP contribution is 2.03. The van der Waals surface area contributed by atoms with Gasteiger partial charge in [0, 0.05) is 0 Å². The smallest absolute Gasteiger partial charge is 0.335 e. The zero-order chi connectivity index (χ0) is 8.27. The highest BCUT2D eigenvalue weighted by atomic mass is 16.4. The van der Waals surface area contributed by atoms with Crippen molar-refractivity contribution in [2.45, 2.75) is 6.61 Å². The molecule has 0 unspecified atom stereocenters. The van der Waals surface area contributed by atoms with Crippen LogP contribution >= 0.6 is 0 Å². The lowest BCUT2D eigenvalue weighted by molar-refractivity contribution is 0.0696.